The maximum absolute atomic E-state index is 6.29. The van der Waals surface area contributed by atoms with Gasteiger partial charge in [0.2, 0.25) is 0 Å². The monoisotopic (exact) mass is 414 g/mol. The molecule has 0 spiro atoms. The molecule has 6 nitrogen and oxygen atoms in total. The fourth-order valence-electron chi connectivity index (χ4n) is 2.88. The molecule has 0 bridgehead atoms. The number of halogens is 3. The Kier molecular flexibility index (Phi) is 3.79. The van der Waals surface area contributed by atoms with E-state index in [9.17, 15) is 0 Å². The van der Waals surface area contributed by atoms with E-state index in [1.807, 2.05) is 12.1 Å². The van der Waals surface area contributed by atoms with Gasteiger partial charge >= 0.3 is 0 Å². The van der Waals surface area contributed by atoms with Gasteiger partial charge in [-0.05, 0) is 42.5 Å². The Balaban J connectivity index is 1.69. The van der Waals surface area contributed by atoms with Crippen molar-refractivity contribution < 1.29 is 0 Å². The van der Waals surface area contributed by atoms with E-state index in [1.165, 1.54) is 0 Å². The molecule has 132 valence electrons. The van der Waals surface area contributed by atoms with Gasteiger partial charge in [0.15, 0.2) is 17.1 Å². The van der Waals surface area contributed by atoms with Crippen molar-refractivity contribution in [3.63, 3.8) is 0 Å². The number of benzene rings is 2. The van der Waals surface area contributed by atoms with Gasteiger partial charge in [0.25, 0.3) is 0 Å². The topological polar surface area (TPSA) is 60.9 Å². The van der Waals surface area contributed by atoms with E-state index in [1.54, 1.807) is 52.1 Å². The molecule has 0 aliphatic rings. The summed E-state index contributed by atoms with van der Waals surface area (Å²) in [4.78, 5) is 9.12. The lowest BCUT2D eigenvalue weighted by molar-refractivity contribution is 0.882. The van der Waals surface area contributed by atoms with Gasteiger partial charge in [-0.2, -0.15) is 5.10 Å². The molecule has 27 heavy (non-hydrogen) atoms. The molecule has 0 atom stereocenters. The molecule has 0 saturated carbocycles. The molecular weight excluding hydrogens is 407 g/mol. The Labute approximate surface area is 167 Å². The van der Waals surface area contributed by atoms with Gasteiger partial charge in [-0.25, -0.2) is 19.2 Å². The van der Waals surface area contributed by atoms with Crippen LogP contribution in [0, 0.1) is 0 Å². The lowest BCUT2D eigenvalue weighted by Crippen LogP contribution is -1.98. The Morgan fingerprint density at radius 2 is 1.63 bits per heavy atom. The number of aromatic nitrogens is 6. The molecule has 9 heteroatoms. The molecule has 0 unspecified atom stereocenters. The maximum Gasteiger partial charge on any atom is 0.183 e. The zero-order valence-electron chi connectivity index (χ0n) is 13.5. The van der Waals surface area contributed by atoms with Crippen molar-refractivity contribution in [1.82, 2.24) is 29.4 Å². The van der Waals surface area contributed by atoms with Crippen LogP contribution in [0.25, 0.3) is 33.8 Å². The first-order valence-electron chi connectivity index (χ1n) is 7.90. The molecule has 3 heterocycles. The lowest BCUT2D eigenvalue weighted by atomic mass is 10.2. The van der Waals surface area contributed by atoms with Crippen molar-refractivity contribution in [2.45, 2.75) is 0 Å². The van der Waals surface area contributed by atoms with Crippen LogP contribution in [0.1, 0.15) is 0 Å². The van der Waals surface area contributed by atoms with E-state index in [0.29, 0.717) is 37.8 Å². The highest BCUT2D eigenvalue weighted by Gasteiger charge is 2.16. The SMILES string of the molecule is Clc1ccc(-n2ncc3c2ncn2nc(-c4ccc(Cl)cc4Cl)nc32)cc1. The zero-order chi connectivity index (χ0) is 18.5. The predicted octanol–water partition coefficient (Wildman–Crippen LogP) is 5.09. The zero-order valence-corrected chi connectivity index (χ0v) is 15.8. The summed E-state index contributed by atoms with van der Waals surface area (Å²) in [5, 5.41) is 11.4. The number of hydrogen-bond donors (Lipinski definition) is 0. The van der Waals surface area contributed by atoms with Crippen molar-refractivity contribution in [2.75, 3.05) is 0 Å². The van der Waals surface area contributed by atoms with Gasteiger partial charge in [0, 0.05) is 15.6 Å². The van der Waals surface area contributed by atoms with Gasteiger partial charge < -0.3 is 0 Å². The Morgan fingerprint density at radius 1 is 0.852 bits per heavy atom. The fraction of sp³-hybridized carbons (Fsp3) is 0. The highest BCUT2D eigenvalue weighted by Crippen LogP contribution is 2.29. The Hall–Kier alpha value is -2.67. The normalized spacial score (nSPS) is 11.5. The van der Waals surface area contributed by atoms with Crippen LogP contribution in [-0.2, 0) is 0 Å². The Bertz CT molecular complexity index is 1310. The molecule has 0 aliphatic carbocycles. The minimum Gasteiger partial charge on any atom is -0.216 e. The second kappa shape index (κ2) is 6.20. The van der Waals surface area contributed by atoms with Gasteiger partial charge in [-0.15, -0.1) is 5.10 Å². The number of hydrogen-bond acceptors (Lipinski definition) is 4. The Morgan fingerprint density at radius 3 is 2.41 bits per heavy atom. The molecular formula is C18H9Cl3N6. The summed E-state index contributed by atoms with van der Waals surface area (Å²) in [6.07, 6.45) is 3.32. The van der Waals surface area contributed by atoms with Crippen LogP contribution in [-0.4, -0.2) is 29.4 Å². The van der Waals surface area contributed by atoms with Crippen molar-refractivity contribution >= 4 is 51.5 Å². The summed E-state index contributed by atoms with van der Waals surface area (Å²) in [5.74, 6) is 0.491. The highest BCUT2D eigenvalue weighted by atomic mass is 35.5. The lowest BCUT2D eigenvalue weighted by Gasteiger charge is -2.02. The summed E-state index contributed by atoms with van der Waals surface area (Å²) in [6.45, 7) is 0. The van der Waals surface area contributed by atoms with Crippen LogP contribution >= 0.6 is 34.8 Å². The average molecular weight is 416 g/mol. The smallest absolute Gasteiger partial charge is 0.183 e. The van der Waals surface area contributed by atoms with Crippen molar-refractivity contribution in [3.8, 4) is 17.1 Å². The molecule has 2 aromatic carbocycles. The van der Waals surface area contributed by atoms with E-state index in [-0.39, 0.29) is 0 Å². The molecule has 0 N–H and O–H groups in total. The van der Waals surface area contributed by atoms with E-state index < -0.39 is 0 Å². The fourth-order valence-corrected chi connectivity index (χ4v) is 3.50. The van der Waals surface area contributed by atoms with Crippen LogP contribution < -0.4 is 0 Å². The van der Waals surface area contributed by atoms with Gasteiger partial charge in [-0.3, -0.25) is 0 Å². The third-order valence-corrected chi connectivity index (χ3v) is 4.95. The molecule has 0 amide bonds. The third-order valence-electron chi connectivity index (χ3n) is 4.15. The van der Waals surface area contributed by atoms with Gasteiger partial charge in [0.05, 0.1) is 22.3 Å². The second-order valence-electron chi connectivity index (χ2n) is 5.84. The summed E-state index contributed by atoms with van der Waals surface area (Å²) in [5.41, 5.74) is 2.86. The van der Waals surface area contributed by atoms with E-state index in [4.69, 9.17) is 34.8 Å². The number of rotatable bonds is 2. The molecule has 5 aromatic rings. The van der Waals surface area contributed by atoms with Crippen LogP contribution in [0.4, 0.5) is 0 Å². The summed E-state index contributed by atoms with van der Waals surface area (Å²) < 4.78 is 3.34. The minimum atomic E-state index is 0.486. The maximum atomic E-state index is 6.29. The van der Waals surface area contributed by atoms with Gasteiger partial charge in [-0.1, -0.05) is 34.8 Å². The van der Waals surface area contributed by atoms with Gasteiger partial charge in [0.1, 0.15) is 6.33 Å². The van der Waals surface area contributed by atoms with E-state index >= 15 is 0 Å². The first-order valence-corrected chi connectivity index (χ1v) is 9.04. The molecule has 3 aromatic heterocycles. The number of nitrogens with zero attached hydrogens (tertiary/aromatic N) is 6. The molecule has 0 saturated heterocycles. The second-order valence-corrected chi connectivity index (χ2v) is 7.12. The third kappa shape index (κ3) is 2.73. The van der Waals surface area contributed by atoms with Crippen molar-refractivity contribution in [1.29, 1.82) is 0 Å². The molecule has 0 radical (unpaired) electrons. The van der Waals surface area contributed by atoms with Crippen molar-refractivity contribution in [3.05, 3.63) is 70.1 Å². The quantitative estimate of drug-likeness (QED) is 0.403. The summed E-state index contributed by atoms with van der Waals surface area (Å²) in [7, 11) is 0. The average Bonchev–Trinajstić information content (AvgIpc) is 3.26. The first-order chi connectivity index (χ1) is 13.1. The molecule has 5 rings (SSSR count). The largest absolute Gasteiger partial charge is 0.216 e. The molecule has 0 fully saturated rings. The van der Waals surface area contributed by atoms with Crippen LogP contribution in [0.2, 0.25) is 15.1 Å². The minimum absolute atomic E-state index is 0.486. The van der Waals surface area contributed by atoms with Crippen LogP contribution in [0.5, 0.6) is 0 Å². The highest BCUT2D eigenvalue weighted by molar-refractivity contribution is 6.36. The van der Waals surface area contributed by atoms with Crippen LogP contribution in [0.3, 0.4) is 0 Å². The van der Waals surface area contributed by atoms with E-state index in [2.05, 4.69) is 20.2 Å². The summed E-state index contributed by atoms with van der Waals surface area (Å²) >= 11 is 18.2. The first kappa shape index (κ1) is 16.5. The van der Waals surface area contributed by atoms with Crippen LogP contribution in [0.15, 0.2) is 55.0 Å². The molecule has 0 aliphatic heterocycles. The number of fused-ring (bicyclic) bond motifs is 3. The summed E-state index contributed by atoms with van der Waals surface area (Å²) in [6, 6.07) is 12.6. The van der Waals surface area contributed by atoms with Crippen molar-refractivity contribution in [2.24, 2.45) is 0 Å². The predicted molar refractivity (Wildman–Crippen MR) is 106 cm³/mol. The van der Waals surface area contributed by atoms with E-state index in [0.717, 1.165) is 11.1 Å². The standard InChI is InChI=1S/C18H9Cl3N6/c19-10-1-4-12(5-2-10)27-17-14(8-23-27)18-24-16(25-26(18)9-22-17)13-6-3-11(20)7-15(13)21/h1-9H.